The van der Waals surface area contributed by atoms with Crippen LogP contribution in [0.1, 0.15) is 18.1 Å². The smallest absolute Gasteiger partial charge is 0.229 e. The third kappa shape index (κ3) is 3.98. The zero-order valence-electron chi connectivity index (χ0n) is 11.5. The molecule has 2 nitrogen and oxygen atoms in total. The van der Waals surface area contributed by atoms with Crippen molar-refractivity contribution in [3.8, 4) is 0 Å². The van der Waals surface area contributed by atoms with E-state index < -0.39 is 0 Å². The molecule has 1 amide bonds. The summed E-state index contributed by atoms with van der Waals surface area (Å²) in [5.41, 5.74) is 1.74. The first-order valence-electron chi connectivity index (χ1n) is 6.47. The van der Waals surface area contributed by atoms with Gasteiger partial charge in [0.15, 0.2) is 11.8 Å². The molecular formula is C16H15Cl3NO+. The minimum Gasteiger partial charge on any atom is -0.229 e. The zero-order chi connectivity index (χ0) is 15.5. The summed E-state index contributed by atoms with van der Waals surface area (Å²) < 4.78 is -0.274. The summed E-state index contributed by atoms with van der Waals surface area (Å²) in [6.07, 6.45) is 0. The Morgan fingerprint density at radius 2 is 1.67 bits per heavy atom. The summed E-state index contributed by atoms with van der Waals surface area (Å²) in [6, 6.07) is 15.0. The van der Waals surface area contributed by atoms with Gasteiger partial charge in [-0.25, -0.2) is 4.79 Å². The third-order valence-corrected chi connectivity index (χ3v) is 4.63. The molecule has 0 N–H and O–H groups in total. The van der Waals surface area contributed by atoms with E-state index >= 15 is 0 Å². The van der Waals surface area contributed by atoms with E-state index in [0.29, 0.717) is 16.6 Å². The van der Waals surface area contributed by atoms with E-state index in [1.165, 1.54) is 6.92 Å². The van der Waals surface area contributed by atoms with Crippen LogP contribution in [-0.2, 0) is 17.9 Å². The Morgan fingerprint density at radius 1 is 1.00 bits per heavy atom. The van der Waals surface area contributed by atoms with Gasteiger partial charge in [-0.15, -0.1) is 0 Å². The van der Waals surface area contributed by atoms with Crippen LogP contribution in [0.25, 0.3) is 0 Å². The molecule has 2 rings (SSSR count). The number of rotatable bonds is 4. The number of carbonyl (C=O) groups is 1. The highest BCUT2D eigenvalue weighted by molar-refractivity contribution is 6.42. The first-order chi connectivity index (χ1) is 9.92. The second-order valence-electron chi connectivity index (χ2n) is 4.90. The van der Waals surface area contributed by atoms with Crippen molar-refractivity contribution in [3.05, 3.63) is 69.7 Å². The van der Waals surface area contributed by atoms with E-state index in [1.807, 2.05) is 36.4 Å². The molecule has 21 heavy (non-hydrogen) atoms. The average molecular weight is 344 g/mol. The van der Waals surface area contributed by atoms with Crippen molar-refractivity contribution in [1.29, 1.82) is 0 Å². The van der Waals surface area contributed by atoms with Crippen LogP contribution in [0.3, 0.4) is 0 Å². The lowest BCUT2D eigenvalue weighted by molar-refractivity contribution is -0.765. The van der Waals surface area contributed by atoms with Crippen LogP contribution >= 0.6 is 35.0 Å². The van der Waals surface area contributed by atoms with Gasteiger partial charge in [0.1, 0.15) is 13.1 Å². The van der Waals surface area contributed by atoms with Gasteiger partial charge in [0.05, 0.1) is 17.0 Å². The highest BCUT2D eigenvalue weighted by Gasteiger charge is 2.34. The predicted molar refractivity (Wildman–Crippen MR) is 87.1 cm³/mol. The second-order valence-corrected chi connectivity index (χ2v) is 6.33. The van der Waals surface area contributed by atoms with E-state index in [0.717, 1.165) is 11.1 Å². The summed E-state index contributed by atoms with van der Waals surface area (Å²) in [5, 5.41) is 0.900. The SMILES string of the molecule is CC(=O)[N+](Cl)(Cc1ccccc1)Cc1cccc(Cl)c1Cl. The maximum atomic E-state index is 12.0. The molecule has 1 atom stereocenters. The monoisotopic (exact) mass is 342 g/mol. The Hall–Kier alpha value is -1.06. The minimum absolute atomic E-state index is 0.142. The predicted octanol–water partition coefficient (Wildman–Crippen LogP) is 5.21. The molecule has 0 spiro atoms. The Morgan fingerprint density at radius 3 is 2.29 bits per heavy atom. The van der Waals surface area contributed by atoms with E-state index in [1.54, 1.807) is 12.1 Å². The Bertz CT molecular complexity index is 645. The number of hydrogen-bond acceptors (Lipinski definition) is 1. The zero-order valence-corrected chi connectivity index (χ0v) is 13.8. The van der Waals surface area contributed by atoms with Crippen LogP contribution < -0.4 is 0 Å². The van der Waals surface area contributed by atoms with Crippen LogP contribution in [0.5, 0.6) is 0 Å². The fraction of sp³-hybridized carbons (Fsp3) is 0.188. The van der Waals surface area contributed by atoms with E-state index in [2.05, 4.69) is 0 Å². The first-order valence-corrected chi connectivity index (χ1v) is 7.56. The van der Waals surface area contributed by atoms with Gasteiger partial charge >= 0.3 is 5.91 Å². The van der Waals surface area contributed by atoms with Gasteiger partial charge in [-0.05, 0) is 6.07 Å². The van der Waals surface area contributed by atoms with Gasteiger partial charge < -0.3 is 0 Å². The average Bonchev–Trinajstić information content (AvgIpc) is 2.45. The van der Waals surface area contributed by atoms with Crippen LogP contribution in [-0.4, -0.2) is 9.91 Å². The van der Waals surface area contributed by atoms with Crippen LogP contribution in [0.2, 0.25) is 10.0 Å². The van der Waals surface area contributed by atoms with Crippen molar-refractivity contribution >= 4 is 40.9 Å². The number of hydrogen-bond donors (Lipinski definition) is 0. The topological polar surface area (TPSA) is 17.1 Å². The maximum absolute atomic E-state index is 12.0. The van der Waals surface area contributed by atoms with Crippen molar-refractivity contribution in [2.24, 2.45) is 0 Å². The van der Waals surface area contributed by atoms with Crippen molar-refractivity contribution in [2.45, 2.75) is 20.0 Å². The molecule has 110 valence electrons. The number of quaternary nitrogens is 1. The van der Waals surface area contributed by atoms with Crippen molar-refractivity contribution in [3.63, 3.8) is 0 Å². The molecule has 0 heterocycles. The molecule has 0 saturated carbocycles. The van der Waals surface area contributed by atoms with Gasteiger partial charge in [0.2, 0.25) is 0 Å². The summed E-state index contributed by atoms with van der Waals surface area (Å²) in [6.45, 7) is 2.15. The summed E-state index contributed by atoms with van der Waals surface area (Å²) >= 11 is 18.8. The van der Waals surface area contributed by atoms with Crippen molar-refractivity contribution < 1.29 is 8.80 Å². The van der Waals surface area contributed by atoms with E-state index in [4.69, 9.17) is 35.0 Å². The van der Waals surface area contributed by atoms with Gasteiger partial charge in [-0.1, -0.05) is 65.7 Å². The van der Waals surface area contributed by atoms with Crippen molar-refractivity contribution in [2.75, 3.05) is 0 Å². The Labute approximate surface area is 139 Å². The Balaban J connectivity index is 2.30. The lowest BCUT2D eigenvalue weighted by Crippen LogP contribution is -2.41. The van der Waals surface area contributed by atoms with Gasteiger partial charge in [-0.2, -0.15) is 4.00 Å². The van der Waals surface area contributed by atoms with Crippen LogP contribution in [0.4, 0.5) is 0 Å². The molecule has 0 saturated heterocycles. The summed E-state index contributed by atoms with van der Waals surface area (Å²) in [7, 11) is 0. The standard InChI is InChI=1S/C16H15Cl3NO/c1-12(21)20(19,10-13-6-3-2-4-7-13)11-14-8-5-9-15(17)16(14)18/h2-9H,10-11H2,1H3/q+1. The molecule has 0 aromatic heterocycles. The first kappa shape index (κ1) is 16.3. The lowest BCUT2D eigenvalue weighted by atomic mass is 10.1. The normalized spacial score (nSPS) is 13.7. The van der Waals surface area contributed by atoms with Crippen LogP contribution in [0, 0.1) is 0 Å². The fourth-order valence-corrected chi connectivity index (χ4v) is 2.74. The molecule has 0 bridgehead atoms. The molecule has 0 aliphatic carbocycles. The van der Waals surface area contributed by atoms with Gasteiger partial charge in [0.25, 0.3) is 0 Å². The molecule has 0 radical (unpaired) electrons. The maximum Gasteiger partial charge on any atom is 0.328 e. The number of halogens is 3. The molecular weight excluding hydrogens is 329 g/mol. The molecule has 2 aromatic rings. The quantitative estimate of drug-likeness (QED) is 0.696. The second kappa shape index (κ2) is 6.80. The number of nitrogens with zero attached hydrogens (tertiary/aromatic N) is 1. The number of carbonyl (C=O) groups excluding carboxylic acids is 1. The highest BCUT2D eigenvalue weighted by Crippen LogP contribution is 2.31. The fourth-order valence-electron chi connectivity index (χ4n) is 2.09. The van der Waals surface area contributed by atoms with Gasteiger partial charge in [0, 0.05) is 11.1 Å². The highest BCUT2D eigenvalue weighted by atomic mass is 35.5. The summed E-state index contributed by atoms with van der Waals surface area (Å²) in [5.74, 6) is -0.142. The number of benzene rings is 2. The molecule has 0 aliphatic rings. The summed E-state index contributed by atoms with van der Waals surface area (Å²) in [4.78, 5) is 12.0. The van der Waals surface area contributed by atoms with E-state index in [9.17, 15) is 4.79 Å². The van der Waals surface area contributed by atoms with E-state index in [-0.39, 0.29) is 16.5 Å². The largest absolute Gasteiger partial charge is 0.328 e. The molecule has 1 unspecified atom stereocenters. The van der Waals surface area contributed by atoms with Crippen molar-refractivity contribution in [1.82, 2.24) is 0 Å². The minimum atomic E-state index is -0.274. The van der Waals surface area contributed by atoms with Crippen LogP contribution in [0.15, 0.2) is 48.5 Å². The molecule has 5 heteroatoms. The Kier molecular flexibility index (Phi) is 5.28. The lowest BCUT2D eigenvalue weighted by Gasteiger charge is -2.26. The molecule has 0 fully saturated rings. The molecule has 0 aliphatic heterocycles. The molecule has 2 aromatic carbocycles. The van der Waals surface area contributed by atoms with Gasteiger partial charge in [-0.3, -0.25) is 0 Å². The number of amides is 1. The third-order valence-electron chi connectivity index (χ3n) is 3.29.